The van der Waals surface area contributed by atoms with Gasteiger partial charge in [-0.2, -0.15) is 0 Å². The molecule has 0 aliphatic rings. The maximum absolute atomic E-state index is 11.5. The molecule has 102 valence electrons. The fourth-order valence-corrected chi connectivity index (χ4v) is 1.83. The summed E-state index contributed by atoms with van der Waals surface area (Å²) in [5.74, 6) is -0.321. The minimum absolute atomic E-state index is 0.321. The molecular formula is C16H14ClNO2. The molecular weight excluding hydrogens is 274 g/mol. The smallest absolute Gasteiger partial charge is 0.338 e. The Kier molecular flexibility index (Phi) is 4.91. The van der Waals surface area contributed by atoms with Gasteiger partial charge < -0.3 is 4.74 Å². The monoisotopic (exact) mass is 287 g/mol. The van der Waals surface area contributed by atoms with Crippen molar-refractivity contribution in [1.82, 2.24) is 0 Å². The maximum atomic E-state index is 11.5. The topological polar surface area (TPSA) is 38.7 Å². The van der Waals surface area contributed by atoms with Crippen LogP contribution in [0.1, 0.15) is 22.8 Å². The molecule has 0 fully saturated rings. The van der Waals surface area contributed by atoms with E-state index in [1.165, 1.54) is 0 Å². The second-order valence-electron chi connectivity index (χ2n) is 4.08. The fraction of sp³-hybridized carbons (Fsp3) is 0.125. The second kappa shape index (κ2) is 6.87. The van der Waals surface area contributed by atoms with Crippen molar-refractivity contribution in [2.45, 2.75) is 6.92 Å². The molecule has 0 spiro atoms. The molecule has 0 amide bonds. The van der Waals surface area contributed by atoms with Gasteiger partial charge >= 0.3 is 5.97 Å². The van der Waals surface area contributed by atoms with Crippen molar-refractivity contribution in [3.63, 3.8) is 0 Å². The first kappa shape index (κ1) is 14.3. The summed E-state index contributed by atoms with van der Waals surface area (Å²) >= 11 is 5.90. The summed E-state index contributed by atoms with van der Waals surface area (Å²) < 4.78 is 4.92. The first-order valence-electron chi connectivity index (χ1n) is 6.26. The van der Waals surface area contributed by atoms with E-state index >= 15 is 0 Å². The summed E-state index contributed by atoms with van der Waals surface area (Å²) in [4.78, 5) is 15.8. The van der Waals surface area contributed by atoms with Crippen LogP contribution < -0.4 is 0 Å². The summed E-state index contributed by atoms with van der Waals surface area (Å²) in [5.41, 5.74) is 2.21. The van der Waals surface area contributed by atoms with E-state index in [4.69, 9.17) is 16.3 Å². The average Bonchev–Trinajstić information content (AvgIpc) is 2.46. The van der Waals surface area contributed by atoms with E-state index in [-0.39, 0.29) is 5.97 Å². The van der Waals surface area contributed by atoms with Gasteiger partial charge in [0.1, 0.15) is 0 Å². The van der Waals surface area contributed by atoms with Crippen molar-refractivity contribution in [1.29, 1.82) is 0 Å². The molecule has 2 aromatic carbocycles. The predicted octanol–water partition coefficient (Wildman–Crippen LogP) is 4.27. The van der Waals surface area contributed by atoms with Crippen molar-refractivity contribution < 1.29 is 9.53 Å². The highest BCUT2D eigenvalue weighted by Gasteiger charge is 2.04. The van der Waals surface area contributed by atoms with Crippen LogP contribution in [0.25, 0.3) is 0 Å². The number of aliphatic imine (C=N–C) groups is 1. The quantitative estimate of drug-likeness (QED) is 0.622. The fourth-order valence-electron chi connectivity index (χ4n) is 1.63. The molecule has 0 radical (unpaired) electrons. The summed E-state index contributed by atoms with van der Waals surface area (Å²) in [6.45, 7) is 2.15. The van der Waals surface area contributed by atoms with Gasteiger partial charge in [0.25, 0.3) is 0 Å². The van der Waals surface area contributed by atoms with Crippen LogP contribution in [0.15, 0.2) is 53.5 Å². The zero-order chi connectivity index (χ0) is 14.4. The van der Waals surface area contributed by atoms with Crippen LogP contribution in [-0.2, 0) is 4.74 Å². The lowest BCUT2D eigenvalue weighted by Gasteiger charge is -2.01. The van der Waals surface area contributed by atoms with Crippen LogP contribution in [0.2, 0.25) is 5.02 Å². The van der Waals surface area contributed by atoms with Crippen molar-refractivity contribution >= 4 is 29.5 Å². The summed E-state index contributed by atoms with van der Waals surface area (Å²) in [6.07, 6.45) is 1.73. The molecule has 0 aliphatic carbocycles. The van der Waals surface area contributed by atoms with Gasteiger partial charge in [0.2, 0.25) is 0 Å². The first-order chi connectivity index (χ1) is 9.69. The Morgan fingerprint density at radius 2 is 2.00 bits per heavy atom. The molecule has 0 aliphatic heterocycles. The van der Waals surface area contributed by atoms with E-state index in [1.807, 2.05) is 24.3 Å². The molecule has 3 nitrogen and oxygen atoms in total. The first-order valence-corrected chi connectivity index (χ1v) is 6.63. The number of carbonyl (C=O) groups excluding carboxylic acids is 1. The van der Waals surface area contributed by atoms with Crippen LogP contribution in [0.5, 0.6) is 0 Å². The summed E-state index contributed by atoms with van der Waals surface area (Å²) in [5, 5.41) is 0.673. The number of hydrogen-bond donors (Lipinski definition) is 0. The van der Waals surface area contributed by atoms with Gasteiger partial charge in [0.15, 0.2) is 0 Å². The van der Waals surface area contributed by atoms with Crippen LogP contribution in [0, 0.1) is 0 Å². The van der Waals surface area contributed by atoms with Gasteiger partial charge in [-0.1, -0.05) is 23.7 Å². The second-order valence-corrected chi connectivity index (χ2v) is 4.52. The van der Waals surface area contributed by atoms with E-state index < -0.39 is 0 Å². The third kappa shape index (κ3) is 3.93. The van der Waals surface area contributed by atoms with E-state index in [0.29, 0.717) is 17.2 Å². The third-order valence-corrected chi connectivity index (χ3v) is 2.82. The molecule has 20 heavy (non-hydrogen) atoms. The van der Waals surface area contributed by atoms with E-state index in [9.17, 15) is 4.79 Å². The number of halogens is 1. The van der Waals surface area contributed by atoms with Gasteiger partial charge in [0, 0.05) is 11.2 Å². The van der Waals surface area contributed by atoms with Gasteiger partial charge in [-0.05, 0) is 48.9 Å². The Morgan fingerprint density at radius 1 is 1.25 bits per heavy atom. The summed E-state index contributed by atoms with van der Waals surface area (Å²) in [6, 6.07) is 14.4. The molecule has 0 aromatic heterocycles. The number of hydrogen-bond acceptors (Lipinski definition) is 3. The van der Waals surface area contributed by atoms with Crippen LogP contribution >= 0.6 is 11.6 Å². The van der Waals surface area contributed by atoms with E-state index in [0.717, 1.165) is 11.3 Å². The van der Waals surface area contributed by atoms with Crippen molar-refractivity contribution in [3.8, 4) is 0 Å². The Labute approximate surface area is 122 Å². The molecule has 0 saturated carbocycles. The van der Waals surface area contributed by atoms with Crippen molar-refractivity contribution in [2.75, 3.05) is 6.61 Å². The van der Waals surface area contributed by atoms with Gasteiger partial charge in [0.05, 0.1) is 17.9 Å². The highest BCUT2D eigenvalue weighted by atomic mass is 35.5. The number of carbonyl (C=O) groups is 1. The molecule has 0 heterocycles. The number of benzene rings is 2. The standard InChI is InChI=1S/C16H14ClNO2/c1-2-20-16(19)13-6-8-15(9-7-13)18-11-12-4-3-5-14(17)10-12/h3-11H,2H2,1H3. The van der Waals surface area contributed by atoms with Crippen molar-refractivity contribution in [3.05, 3.63) is 64.7 Å². The van der Waals surface area contributed by atoms with Crippen molar-refractivity contribution in [2.24, 2.45) is 4.99 Å². The minimum atomic E-state index is -0.321. The number of esters is 1. The summed E-state index contributed by atoms with van der Waals surface area (Å²) in [7, 11) is 0. The van der Waals surface area contributed by atoms with Crippen LogP contribution in [-0.4, -0.2) is 18.8 Å². The molecule has 2 rings (SSSR count). The van der Waals surface area contributed by atoms with Gasteiger partial charge in [-0.25, -0.2) is 4.79 Å². The Morgan fingerprint density at radius 3 is 2.65 bits per heavy atom. The van der Waals surface area contributed by atoms with Crippen LogP contribution in [0.3, 0.4) is 0 Å². The number of nitrogens with zero attached hydrogens (tertiary/aromatic N) is 1. The Hall–Kier alpha value is -2.13. The molecule has 0 bridgehead atoms. The lowest BCUT2D eigenvalue weighted by molar-refractivity contribution is 0.0526. The molecule has 2 aromatic rings. The normalized spacial score (nSPS) is 10.7. The number of ether oxygens (including phenoxy) is 1. The minimum Gasteiger partial charge on any atom is -0.462 e. The molecule has 0 saturated heterocycles. The molecule has 0 atom stereocenters. The zero-order valence-corrected chi connectivity index (χ0v) is 11.8. The average molecular weight is 288 g/mol. The Balaban J connectivity index is 2.09. The largest absolute Gasteiger partial charge is 0.462 e. The van der Waals surface area contributed by atoms with Gasteiger partial charge in [-0.3, -0.25) is 4.99 Å². The Bertz CT molecular complexity index is 621. The lowest BCUT2D eigenvalue weighted by Crippen LogP contribution is -2.03. The lowest BCUT2D eigenvalue weighted by atomic mass is 10.2. The molecule has 4 heteroatoms. The number of rotatable bonds is 4. The SMILES string of the molecule is CCOC(=O)c1ccc(N=Cc2cccc(Cl)c2)cc1. The highest BCUT2D eigenvalue weighted by Crippen LogP contribution is 2.15. The van der Waals surface area contributed by atoms with Gasteiger partial charge in [-0.15, -0.1) is 0 Å². The van der Waals surface area contributed by atoms with E-state index in [2.05, 4.69) is 4.99 Å². The molecule has 0 unspecified atom stereocenters. The highest BCUT2D eigenvalue weighted by molar-refractivity contribution is 6.30. The third-order valence-electron chi connectivity index (χ3n) is 2.59. The van der Waals surface area contributed by atoms with E-state index in [1.54, 1.807) is 37.4 Å². The maximum Gasteiger partial charge on any atom is 0.338 e. The predicted molar refractivity (Wildman–Crippen MR) is 81.1 cm³/mol. The van der Waals surface area contributed by atoms with Crippen LogP contribution in [0.4, 0.5) is 5.69 Å². The molecule has 0 N–H and O–H groups in total. The zero-order valence-electron chi connectivity index (χ0n) is 11.0.